The highest BCUT2D eigenvalue weighted by atomic mass is 79.9. The number of thioether (sulfide) groups is 2. The van der Waals surface area contributed by atoms with Crippen molar-refractivity contribution in [1.82, 2.24) is 9.13 Å². The van der Waals surface area contributed by atoms with Crippen molar-refractivity contribution in [1.29, 1.82) is 0 Å². The number of imidazole rings is 2. The van der Waals surface area contributed by atoms with E-state index in [1.165, 1.54) is 203 Å². The van der Waals surface area contributed by atoms with Gasteiger partial charge in [0.25, 0.3) is 0 Å². The molecule has 4 nitrogen and oxygen atoms in total. The van der Waals surface area contributed by atoms with Gasteiger partial charge < -0.3 is 34.0 Å². The third-order valence-electron chi connectivity index (χ3n) is 10.7. The number of aromatic nitrogens is 4. The summed E-state index contributed by atoms with van der Waals surface area (Å²) >= 11 is 4.39. The molecular formula is C44H84Br2N4S2. The second kappa shape index (κ2) is 38.0. The molecule has 0 bridgehead atoms. The normalized spacial score (nSPS) is 12.5. The molecule has 0 aromatic carbocycles. The maximum atomic E-state index is 2.49. The molecule has 306 valence electrons. The van der Waals surface area contributed by atoms with E-state index in [4.69, 9.17) is 0 Å². The molecule has 2 heterocycles. The Morgan fingerprint density at radius 1 is 0.423 bits per heavy atom. The fraction of sp³-hybridized carbons (Fsp3) is 0.864. The fourth-order valence-corrected chi connectivity index (χ4v) is 9.67. The Morgan fingerprint density at radius 2 is 0.712 bits per heavy atom. The van der Waals surface area contributed by atoms with Crippen molar-refractivity contribution < 1.29 is 43.1 Å². The Balaban J connectivity index is 0.0000130. The van der Waals surface area contributed by atoms with Crippen LogP contribution in [0.15, 0.2) is 37.4 Å². The smallest absolute Gasteiger partial charge is 0.243 e. The lowest BCUT2D eigenvalue weighted by Crippen LogP contribution is -3.00. The summed E-state index contributed by atoms with van der Waals surface area (Å²) in [5.41, 5.74) is 0. The second-order valence-electron chi connectivity index (χ2n) is 15.6. The molecule has 0 radical (unpaired) electrons. The molecule has 2 atom stereocenters. The van der Waals surface area contributed by atoms with Crippen LogP contribution in [-0.4, -0.2) is 32.1 Å². The van der Waals surface area contributed by atoms with E-state index >= 15 is 0 Å². The number of aryl methyl sites for hydroxylation is 2. The van der Waals surface area contributed by atoms with Gasteiger partial charge in [-0.25, -0.2) is 18.3 Å². The van der Waals surface area contributed by atoms with Gasteiger partial charge in [0.15, 0.2) is 0 Å². The molecular weight excluding hydrogens is 808 g/mol. The first-order valence-corrected chi connectivity index (χ1v) is 24.2. The minimum absolute atomic E-state index is 0. The van der Waals surface area contributed by atoms with Crippen LogP contribution in [0, 0.1) is 0 Å². The Labute approximate surface area is 353 Å². The molecule has 0 aliphatic heterocycles. The van der Waals surface area contributed by atoms with Gasteiger partial charge in [0.2, 0.25) is 12.7 Å². The Bertz CT molecular complexity index is 922. The third kappa shape index (κ3) is 28.5. The lowest BCUT2D eigenvalue weighted by Gasteiger charge is -2.14. The average Bonchev–Trinajstić information content (AvgIpc) is 3.76. The highest BCUT2D eigenvalue weighted by Gasteiger charge is 2.18. The van der Waals surface area contributed by atoms with Crippen molar-refractivity contribution in [2.24, 2.45) is 14.1 Å². The van der Waals surface area contributed by atoms with Crippen molar-refractivity contribution in [3.63, 3.8) is 0 Å². The summed E-state index contributed by atoms with van der Waals surface area (Å²) in [6.07, 6.45) is 53.2. The Kier molecular flexibility index (Phi) is 38.0. The highest BCUT2D eigenvalue weighted by Crippen LogP contribution is 2.25. The van der Waals surface area contributed by atoms with Crippen LogP contribution in [-0.2, 0) is 14.1 Å². The Hall–Kier alpha value is 0.0800. The van der Waals surface area contributed by atoms with Crippen molar-refractivity contribution in [3.8, 4) is 0 Å². The minimum atomic E-state index is 0. The van der Waals surface area contributed by atoms with Crippen LogP contribution in [0.4, 0.5) is 0 Å². The molecule has 2 rings (SSSR count). The molecule has 8 heteroatoms. The van der Waals surface area contributed by atoms with E-state index in [1.807, 2.05) is 0 Å². The first kappa shape index (κ1) is 52.1. The van der Waals surface area contributed by atoms with Gasteiger partial charge in [0, 0.05) is 11.5 Å². The molecule has 52 heavy (non-hydrogen) atoms. The summed E-state index contributed by atoms with van der Waals surface area (Å²) in [5.74, 6) is 5.12. The van der Waals surface area contributed by atoms with Gasteiger partial charge in [-0.1, -0.05) is 155 Å². The molecule has 0 aliphatic carbocycles. The summed E-state index contributed by atoms with van der Waals surface area (Å²) in [5, 5.41) is 0. The van der Waals surface area contributed by atoms with Crippen LogP contribution in [0.1, 0.15) is 206 Å². The van der Waals surface area contributed by atoms with E-state index in [2.05, 4.69) is 107 Å². The van der Waals surface area contributed by atoms with E-state index in [0.717, 1.165) is 0 Å². The summed E-state index contributed by atoms with van der Waals surface area (Å²) in [4.78, 5) is 0. The van der Waals surface area contributed by atoms with E-state index in [1.54, 1.807) is 0 Å². The number of halogens is 2. The van der Waals surface area contributed by atoms with Crippen LogP contribution >= 0.6 is 23.5 Å². The van der Waals surface area contributed by atoms with Crippen LogP contribution in [0.3, 0.4) is 0 Å². The summed E-state index contributed by atoms with van der Waals surface area (Å²) in [6, 6.07) is 1.28. The molecule has 0 saturated heterocycles. The maximum Gasteiger partial charge on any atom is 0.243 e. The molecule has 0 spiro atoms. The second-order valence-corrected chi connectivity index (χ2v) is 17.9. The Morgan fingerprint density at radius 3 is 0.981 bits per heavy atom. The maximum absolute atomic E-state index is 2.49. The topological polar surface area (TPSA) is 17.6 Å². The van der Waals surface area contributed by atoms with E-state index in [9.17, 15) is 0 Å². The van der Waals surface area contributed by atoms with E-state index in [-0.39, 0.29) is 34.0 Å². The van der Waals surface area contributed by atoms with Crippen molar-refractivity contribution in [2.45, 2.75) is 206 Å². The molecule has 0 amide bonds. The van der Waals surface area contributed by atoms with Crippen molar-refractivity contribution in [2.75, 3.05) is 23.0 Å². The van der Waals surface area contributed by atoms with Gasteiger partial charge in [-0.3, -0.25) is 0 Å². The molecule has 2 unspecified atom stereocenters. The monoisotopic (exact) mass is 890 g/mol. The average molecular weight is 893 g/mol. The van der Waals surface area contributed by atoms with Crippen LogP contribution in [0.25, 0.3) is 0 Å². The zero-order valence-electron chi connectivity index (χ0n) is 34.6. The first-order valence-electron chi connectivity index (χ1n) is 21.8. The van der Waals surface area contributed by atoms with Crippen LogP contribution in [0.2, 0.25) is 0 Å². The molecule has 0 fully saturated rings. The zero-order chi connectivity index (χ0) is 35.7. The lowest BCUT2D eigenvalue weighted by molar-refractivity contribution is -0.671. The zero-order valence-corrected chi connectivity index (χ0v) is 39.4. The van der Waals surface area contributed by atoms with E-state index in [0.29, 0.717) is 12.1 Å². The molecule has 0 aliphatic rings. The molecule has 2 aromatic rings. The quantitative estimate of drug-likeness (QED) is 0.0530. The van der Waals surface area contributed by atoms with Gasteiger partial charge in [-0.05, 0) is 50.0 Å². The van der Waals surface area contributed by atoms with Gasteiger partial charge in [-0.15, -0.1) is 0 Å². The molecule has 0 N–H and O–H groups in total. The largest absolute Gasteiger partial charge is 1.00 e. The summed E-state index contributed by atoms with van der Waals surface area (Å²) < 4.78 is 9.38. The number of unbranched alkanes of at least 4 members (excludes halogenated alkanes) is 23. The van der Waals surface area contributed by atoms with Crippen molar-refractivity contribution >= 4 is 23.5 Å². The number of nitrogens with zero attached hydrogens (tertiary/aromatic N) is 4. The van der Waals surface area contributed by atoms with Crippen LogP contribution < -0.4 is 43.1 Å². The molecule has 2 aromatic heterocycles. The standard InChI is InChI=1S/C44H84N4S2.2BrH/c1-5-7-9-11-13-15-17-19-21-23-25-27-31-43(47-35-33-45(3)41-47)39-49-37-29-30-38-50-40-44(48-36-34-46(4)42-48)32-28-26-24-22-20-18-16-14-12-10-8-6-2;;/h33-36,41-44H,5-32,37-40H2,1-4H3;2*1H/q+2;;/p-2. The SMILES string of the molecule is CCCCCCCCCCCCCCC(CSCCCCSCC(CCCCCCCCCCCCCC)n1cc[n+](C)c1)n1cc[n+](C)c1.[Br-].[Br-]. The van der Waals surface area contributed by atoms with Gasteiger partial charge in [-0.2, -0.15) is 23.5 Å². The molecule has 0 saturated carbocycles. The van der Waals surface area contributed by atoms with Crippen LogP contribution in [0.5, 0.6) is 0 Å². The first-order chi connectivity index (χ1) is 24.6. The van der Waals surface area contributed by atoms with Gasteiger partial charge >= 0.3 is 0 Å². The van der Waals surface area contributed by atoms with Gasteiger partial charge in [0.05, 0.1) is 14.1 Å². The predicted octanol–water partition coefficient (Wildman–Crippen LogP) is 7.16. The van der Waals surface area contributed by atoms with E-state index < -0.39 is 0 Å². The number of hydrogen-bond donors (Lipinski definition) is 0. The summed E-state index contributed by atoms with van der Waals surface area (Å²) in [7, 11) is 4.31. The third-order valence-corrected chi connectivity index (χ3v) is 13.0. The predicted molar refractivity (Wildman–Crippen MR) is 225 cm³/mol. The minimum Gasteiger partial charge on any atom is -1.00 e. The number of hydrogen-bond acceptors (Lipinski definition) is 2. The fourth-order valence-electron chi connectivity index (χ4n) is 7.30. The lowest BCUT2D eigenvalue weighted by atomic mass is 10.0. The van der Waals surface area contributed by atoms with Crippen molar-refractivity contribution in [3.05, 3.63) is 37.4 Å². The van der Waals surface area contributed by atoms with Gasteiger partial charge in [0.1, 0.15) is 36.9 Å². The highest BCUT2D eigenvalue weighted by molar-refractivity contribution is 7.99. The summed E-state index contributed by atoms with van der Waals surface area (Å²) in [6.45, 7) is 4.62. The number of rotatable bonds is 37.